The van der Waals surface area contributed by atoms with Gasteiger partial charge in [0.15, 0.2) is 0 Å². The quantitative estimate of drug-likeness (QED) is 0.828. The number of hydrogen-bond donors (Lipinski definition) is 1. The number of benzene rings is 1. The van der Waals surface area contributed by atoms with Crippen molar-refractivity contribution in [3.05, 3.63) is 45.1 Å². The van der Waals surface area contributed by atoms with Crippen molar-refractivity contribution in [1.29, 1.82) is 0 Å². The van der Waals surface area contributed by atoms with Gasteiger partial charge in [0, 0.05) is 18.0 Å². The highest BCUT2D eigenvalue weighted by Gasteiger charge is 2.34. The molecule has 1 N–H and O–H groups in total. The maximum absolute atomic E-state index is 12.5. The molecule has 1 unspecified atom stereocenters. The van der Waals surface area contributed by atoms with E-state index in [1.807, 2.05) is 13.8 Å². The van der Waals surface area contributed by atoms with Gasteiger partial charge in [-0.05, 0) is 24.5 Å². The fourth-order valence-electron chi connectivity index (χ4n) is 2.55. The van der Waals surface area contributed by atoms with Crippen molar-refractivity contribution in [2.24, 2.45) is 5.92 Å². The summed E-state index contributed by atoms with van der Waals surface area (Å²) in [4.78, 5) is 24.4. The van der Waals surface area contributed by atoms with Crippen LogP contribution in [0, 0.1) is 5.92 Å². The largest absolute Gasteiger partial charge is 0.462 e. The van der Waals surface area contributed by atoms with Crippen LogP contribution >= 0.6 is 23.2 Å². The van der Waals surface area contributed by atoms with Crippen molar-refractivity contribution in [2.45, 2.75) is 33.1 Å². The molecule has 23 heavy (non-hydrogen) atoms. The zero-order valence-electron chi connectivity index (χ0n) is 13.3. The summed E-state index contributed by atoms with van der Waals surface area (Å²) < 4.78 is 5.35. The lowest BCUT2D eigenvalue weighted by atomic mass is 9.84. The number of carbonyl (C=O) groups excluding carboxylic acids is 2. The molecule has 0 aromatic heterocycles. The molecule has 0 aliphatic carbocycles. The molecule has 6 heteroatoms. The normalized spacial score (nSPS) is 18.2. The maximum Gasteiger partial charge on any atom is 0.336 e. The number of allylic oxidation sites excluding steroid dienone is 1. The molecule has 1 atom stereocenters. The molecule has 1 aliphatic heterocycles. The number of carbonyl (C=O) groups is 2. The fourth-order valence-corrected chi connectivity index (χ4v) is 2.99. The monoisotopic (exact) mass is 355 g/mol. The highest BCUT2D eigenvalue weighted by Crippen LogP contribution is 2.39. The minimum Gasteiger partial charge on any atom is -0.462 e. The number of hydrogen-bond acceptors (Lipinski definition) is 3. The highest BCUT2D eigenvalue weighted by molar-refractivity contribution is 6.42. The van der Waals surface area contributed by atoms with Crippen LogP contribution in [0.25, 0.3) is 0 Å². The molecule has 1 aromatic carbocycles. The van der Waals surface area contributed by atoms with Crippen molar-refractivity contribution < 1.29 is 14.3 Å². The SMILES string of the molecule is CC1=C(C(=O)OCC(C)C)C(c2cccc(Cl)c2Cl)CC(=O)N1. The third kappa shape index (κ3) is 4.06. The van der Waals surface area contributed by atoms with E-state index in [1.54, 1.807) is 25.1 Å². The molecular formula is C17H19Cl2NO3. The fraction of sp³-hybridized carbons (Fsp3) is 0.412. The topological polar surface area (TPSA) is 55.4 Å². The Labute approximate surface area is 145 Å². The van der Waals surface area contributed by atoms with Gasteiger partial charge in [0.25, 0.3) is 0 Å². The van der Waals surface area contributed by atoms with Gasteiger partial charge < -0.3 is 10.1 Å². The minimum atomic E-state index is -0.463. The molecule has 1 aliphatic rings. The van der Waals surface area contributed by atoms with E-state index in [-0.39, 0.29) is 18.2 Å². The summed E-state index contributed by atoms with van der Waals surface area (Å²) >= 11 is 12.4. The predicted octanol–water partition coefficient (Wildman–Crippen LogP) is 4.07. The minimum absolute atomic E-state index is 0.128. The number of esters is 1. The average Bonchev–Trinajstić information content (AvgIpc) is 2.47. The van der Waals surface area contributed by atoms with E-state index >= 15 is 0 Å². The van der Waals surface area contributed by atoms with Crippen LogP contribution in [0.5, 0.6) is 0 Å². The molecule has 1 aromatic rings. The van der Waals surface area contributed by atoms with Gasteiger partial charge in [0.2, 0.25) is 5.91 Å². The van der Waals surface area contributed by atoms with Gasteiger partial charge in [-0.1, -0.05) is 49.2 Å². The van der Waals surface area contributed by atoms with Crippen LogP contribution in [-0.4, -0.2) is 18.5 Å². The second-order valence-corrected chi connectivity index (χ2v) is 6.76. The lowest BCUT2D eigenvalue weighted by Crippen LogP contribution is -2.34. The number of nitrogens with one attached hydrogen (secondary N) is 1. The Balaban J connectivity index is 2.42. The molecule has 0 fully saturated rings. The predicted molar refractivity (Wildman–Crippen MR) is 90.5 cm³/mol. The summed E-state index contributed by atoms with van der Waals surface area (Å²) in [5.41, 5.74) is 1.58. The van der Waals surface area contributed by atoms with Crippen LogP contribution in [-0.2, 0) is 14.3 Å². The second kappa shape index (κ2) is 7.37. The Morgan fingerprint density at radius 3 is 2.74 bits per heavy atom. The van der Waals surface area contributed by atoms with Crippen molar-refractivity contribution >= 4 is 35.1 Å². The number of halogens is 2. The Morgan fingerprint density at radius 2 is 2.09 bits per heavy atom. The van der Waals surface area contributed by atoms with Crippen molar-refractivity contribution in [3.63, 3.8) is 0 Å². The zero-order chi connectivity index (χ0) is 17.1. The summed E-state index contributed by atoms with van der Waals surface area (Å²) in [5, 5.41) is 3.44. The first-order valence-corrected chi connectivity index (χ1v) is 8.18. The molecule has 2 rings (SSSR count). The molecule has 1 heterocycles. The summed E-state index contributed by atoms with van der Waals surface area (Å²) in [6, 6.07) is 5.20. The molecule has 0 spiro atoms. The Hall–Kier alpha value is -1.52. The highest BCUT2D eigenvalue weighted by atomic mass is 35.5. The van der Waals surface area contributed by atoms with Gasteiger partial charge in [0.05, 0.1) is 22.2 Å². The standard InChI is InChI=1S/C17H19Cl2NO3/c1-9(2)8-23-17(22)15-10(3)20-14(21)7-12(15)11-5-4-6-13(18)16(11)19/h4-6,9,12H,7-8H2,1-3H3,(H,20,21). The van der Waals surface area contributed by atoms with Crippen molar-refractivity contribution in [2.75, 3.05) is 6.61 Å². The summed E-state index contributed by atoms with van der Waals surface area (Å²) in [5.74, 6) is -0.831. The first-order valence-electron chi connectivity index (χ1n) is 7.43. The first kappa shape index (κ1) is 17.8. The van der Waals surface area contributed by atoms with E-state index in [9.17, 15) is 9.59 Å². The van der Waals surface area contributed by atoms with Gasteiger partial charge in [0.1, 0.15) is 0 Å². The van der Waals surface area contributed by atoms with Crippen LogP contribution < -0.4 is 5.32 Å². The van der Waals surface area contributed by atoms with Gasteiger partial charge in [-0.25, -0.2) is 4.79 Å². The van der Waals surface area contributed by atoms with Gasteiger partial charge in [-0.3, -0.25) is 4.79 Å². The van der Waals surface area contributed by atoms with Crippen LogP contribution in [0.4, 0.5) is 0 Å². The van der Waals surface area contributed by atoms with E-state index in [1.165, 1.54) is 0 Å². The molecule has 0 saturated heterocycles. The summed E-state index contributed by atoms with van der Waals surface area (Å²) in [6.45, 7) is 5.93. The lowest BCUT2D eigenvalue weighted by Gasteiger charge is -2.27. The maximum atomic E-state index is 12.5. The number of rotatable bonds is 4. The summed E-state index contributed by atoms with van der Waals surface area (Å²) in [6.07, 6.45) is 0.128. The molecule has 0 saturated carbocycles. The third-order valence-corrected chi connectivity index (χ3v) is 4.43. The zero-order valence-corrected chi connectivity index (χ0v) is 14.8. The molecule has 0 radical (unpaired) electrons. The first-order chi connectivity index (χ1) is 10.8. The van der Waals surface area contributed by atoms with E-state index in [4.69, 9.17) is 27.9 Å². The second-order valence-electron chi connectivity index (χ2n) is 5.98. The molecule has 0 bridgehead atoms. The van der Waals surface area contributed by atoms with Gasteiger partial charge >= 0.3 is 5.97 Å². The van der Waals surface area contributed by atoms with Crippen molar-refractivity contribution in [1.82, 2.24) is 5.32 Å². The Morgan fingerprint density at radius 1 is 1.39 bits per heavy atom. The molecule has 1 amide bonds. The van der Waals surface area contributed by atoms with Gasteiger partial charge in [-0.15, -0.1) is 0 Å². The third-order valence-electron chi connectivity index (χ3n) is 3.59. The van der Waals surface area contributed by atoms with E-state index in [2.05, 4.69) is 5.32 Å². The number of ether oxygens (including phenoxy) is 1. The molecule has 124 valence electrons. The average molecular weight is 356 g/mol. The van der Waals surface area contributed by atoms with Gasteiger partial charge in [-0.2, -0.15) is 0 Å². The van der Waals surface area contributed by atoms with Crippen LogP contribution in [0.15, 0.2) is 29.5 Å². The molecular weight excluding hydrogens is 337 g/mol. The van der Waals surface area contributed by atoms with E-state index < -0.39 is 11.9 Å². The van der Waals surface area contributed by atoms with Crippen LogP contribution in [0.3, 0.4) is 0 Å². The van der Waals surface area contributed by atoms with E-state index in [0.29, 0.717) is 33.5 Å². The smallest absolute Gasteiger partial charge is 0.336 e. The lowest BCUT2D eigenvalue weighted by molar-refractivity contribution is -0.140. The summed E-state index contributed by atoms with van der Waals surface area (Å²) in [7, 11) is 0. The number of amides is 1. The van der Waals surface area contributed by atoms with Crippen LogP contribution in [0.1, 0.15) is 38.7 Å². The Bertz CT molecular complexity index is 668. The van der Waals surface area contributed by atoms with Crippen molar-refractivity contribution in [3.8, 4) is 0 Å². The molecule has 4 nitrogen and oxygen atoms in total. The Kier molecular flexibility index (Phi) is 5.71. The van der Waals surface area contributed by atoms with Crippen LogP contribution in [0.2, 0.25) is 10.0 Å². The van der Waals surface area contributed by atoms with E-state index in [0.717, 1.165) is 0 Å².